The molecule has 10 heterocycles. The molecule has 2 aromatic carbocycles. The minimum atomic E-state index is -0.626. The molecule has 2 amide bonds. The molecule has 12 rings (SSSR count). The zero-order valence-electron chi connectivity index (χ0n) is 42.9. The number of rotatable bonds is 12. The van der Waals surface area contributed by atoms with E-state index in [0.29, 0.717) is 133 Å². The number of anilines is 4. The zero-order valence-corrected chi connectivity index (χ0v) is 42.9. The fourth-order valence-corrected chi connectivity index (χ4v) is 10.1. The lowest BCUT2D eigenvalue weighted by Crippen LogP contribution is -2.51. The molecule has 78 heavy (non-hydrogen) atoms. The number of carbonyl (C=O) groups is 2. The molecule has 26 heteroatoms. The van der Waals surface area contributed by atoms with E-state index in [1.807, 2.05) is 37.5 Å². The Morgan fingerprint density at radius 3 is 1.29 bits per heavy atom. The summed E-state index contributed by atoms with van der Waals surface area (Å²) in [5, 5.41) is 19.2. The van der Waals surface area contributed by atoms with E-state index >= 15 is 0 Å². The van der Waals surface area contributed by atoms with Crippen LogP contribution in [0.15, 0.2) is 94.4 Å². The fraction of sp³-hybridized carbons (Fsp3) is 0.346. The normalized spacial score (nSPS) is 15.1. The highest BCUT2D eigenvalue weighted by atomic mass is 19.1. The lowest BCUT2D eigenvalue weighted by molar-refractivity contribution is -0.136. The summed E-state index contributed by atoms with van der Waals surface area (Å²) in [4.78, 5) is 53.1. The summed E-state index contributed by atoms with van der Waals surface area (Å²) >= 11 is 0. The maximum absolute atomic E-state index is 14.3. The van der Waals surface area contributed by atoms with Crippen LogP contribution in [0.2, 0.25) is 0 Å². The number of nitrogen functional groups attached to an aromatic ring is 2. The molecule has 2 aliphatic heterocycles. The first-order valence-corrected chi connectivity index (χ1v) is 25.4. The Labute approximate surface area is 441 Å². The molecule has 22 nitrogen and oxygen atoms in total. The molecule has 2 atom stereocenters. The number of furan rings is 2. The van der Waals surface area contributed by atoms with Crippen molar-refractivity contribution < 1.29 is 36.0 Å². The van der Waals surface area contributed by atoms with Crippen molar-refractivity contribution >= 4 is 68.4 Å². The summed E-state index contributed by atoms with van der Waals surface area (Å²) < 4.78 is 72.3. The van der Waals surface area contributed by atoms with Crippen LogP contribution in [-0.4, -0.2) is 133 Å². The van der Waals surface area contributed by atoms with Gasteiger partial charge in [-0.15, -0.1) is 10.2 Å². The van der Waals surface area contributed by atoms with Crippen molar-refractivity contribution in [3.8, 4) is 23.2 Å². The quantitative estimate of drug-likeness (QED) is 0.116. The van der Waals surface area contributed by atoms with Crippen molar-refractivity contribution in [2.24, 2.45) is 11.8 Å². The number of benzene rings is 2. The lowest BCUT2D eigenvalue weighted by Gasteiger charge is -2.38. The second kappa shape index (κ2) is 20.8. The van der Waals surface area contributed by atoms with Gasteiger partial charge in [0.1, 0.15) is 35.4 Å². The van der Waals surface area contributed by atoms with Gasteiger partial charge in [-0.1, -0.05) is 27.7 Å². The number of piperazine rings is 2. The first kappa shape index (κ1) is 51.0. The molecule has 10 aromatic rings. The molecule has 0 bridgehead atoms. The third-order valence-electron chi connectivity index (χ3n) is 13.8. The smallest absolute Gasteiger partial charge is 0.247 e. The molecule has 2 aliphatic rings. The van der Waals surface area contributed by atoms with Gasteiger partial charge in [0.05, 0.1) is 47.1 Å². The van der Waals surface area contributed by atoms with Crippen molar-refractivity contribution in [1.82, 2.24) is 68.5 Å². The summed E-state index contributed by atoms with van der Waals surface area (Å²) in [6.07, 6.45) is 7.36. The Bertz CT molecular complexity index is 3550. The Kier molecular flexibility index (Phi) is 13.6. The third kappa shape index (κ3) is 9.72. The van der Waals surface area contributed by atoms with E-state index in [2.05, 4.69) is 40.3 Å². The van der Waals surface area contributed by atoms with Crippen LogP contribution in [0.3, 0.4) is 0 Å². The number of nitrogens with zero attached hydrogens (tertiary/aromatic N) is 16. The van der Waals surface area contributed by atoms with Crippen LogP contribution in [0.1, 0.15) is 52.6 Å². The number of hydrogen-bond acceptors (Lipinski definition) is 16. The molecule has 0 aliphatic carbocycles. The van der Waals surface area contributed by atoms with Gasteiger partial charge in [-0.3, -0.25) is 9.59 Å². The standard InChI is InChI=1S/2C26H27F2N9O2/c2*1-15(2)12-20(25(38)35-9-7-34(8-10-35)19-6-5-16(27)13-18(19)28)36-24-17(14-30-36)23-31-22(21-4-3-11-39-21)33-37(23)26(29)32-24/h2*3-6,11,13-15,20H,7-10,12H2,1-2H3,(H2,29,32)/t2*20-/m10/s1. The number of aromatic nitrogens is 12. The monoisotopic (exact) mass is 1070 g/mol. The maximum Gasteiger partial charge on any atom is 0.247 e. The van der Waals surface area contributed by atoms with E-state index in [-0.39, 0.29) is 35.5 Å². The number of amides is 2. The Balaban J connectivity index is 0.000000165. The van der Waals surface area contributed by atoms with Crippen LogP contribution in [0.5, 0.6) is 0 Å². The molecule has 0 saturated carbocycles. The van der Waals surface area contributed by atoms with Crippen molar-refractivity contribution in [2.75, 3.05) is 73.6 Å². The molecular formula is C52H54F4N18O4. The van der Waals surface area contributed by atoms with Gasteiger partial charge in [0.2, 0.25) is 35.4 Å². The molecule has 8 aromatic heterocycles. The average Bonchev–Trinajstić information content (AvgIpc) is 4.32. The number of carbonyl (C=O) groups excluding carboxylic acids is 2. The first-order chi connectivity index (χ1) is 37.6. The van der Waals surface area contributed by atoms with Crippen molar-refractivity contribution in [2.45, 2.75) is 52.6 Å². The minimum absolute atomic E-state index is 0.106. The van der Waals surface area contributed by atoms with Crippen molar-refractivity contribution in [1.29, 1.82) is 0 Å². The van der Waals surface area contributed by atoms with Gasteiger partial charge in [0, 0.05) is 64.5 Å². The van der Waals surface area contributed by atoms with Gasteiger partial charge >= 0.3 is 0 Å². The Morgan fingerprint density at radius 2 is 0.949 bits per heavy atom. The van der Waals surface area contributed by atoms with Crippen LogP contribution >= 0.6 is 0 Å². The third-order valence-corrected chi connectivity index (χ3v) is 13.8. The van der Waals surface area contributed by atoms with E-state index in [9.17, 15) is 27.2 Å². The second-order valence-corrected chi connectivity index (χ2v) is 20.0. The van der Waals surface area contributed by atoms with Crippen LogP contribution in [0.4, 0.5) is 40.8 Å². The van der Waals surface area contributed by atoms with Gasteiger partial charge in [0.25, 0.3) is 0 Å². The highest BCUT2D eigenvalue weighted by molar-refractivity contribution is 5.93. The SMILES string of the molecule is CC(C)C[C@@H](C(=O)N1CCN(c2ccc(F)cc2F)CC1)n1ncc2c1nc(N)n1nc(-c3ccco3)nc21.CC(C)C[C@H](C(=O)N1CCN(c2ccc(F)cc2F)CC1)n1ncc2c1nc(N)n1nc(-c3ccco3)nc21. The summed E-state index contributed by atoms with van der Waals surface area (Å²) in [6, 6.07) is 12.8. The largest absolute Gasteiger partial charge is 0.461 e. The first-order valence-electron chi connectivity index (χ1n) is 25.4. The minimum Gasteiger partial charge on any atom is -0.461 e. The summed E-state index contributed by atoms with van der Waals surface area (Å²) in [7, 11) is 0. The number of fused-ring (bicyclic) bond motifs is 6. The molecule has 0 unspecified atom stereocenters. The molecular weight excluding hydrogens is 1020 g/mol. The van der Waals surface area contributed by atoms with E-state index in [1.54, 1.807) is 55.8 Å². The lowest BCUT2D eigenvalue weighted by atomic mass is 10.0. The number of hydrogen-bond donors (Lipinski definition) is 2. The van der Waals surface area contributed by atoms with Crippen LogP contribution < -0.4 is 21.3 Å². The predicted molar refractivity (Wildman–Crippen MR) is 280 cm³/mol. The van der Waals surface area contributed by atoms with E-state index < -0.39 is 35.4 Å². The topological polar surface area (TPSA) is 247 Å². The van der Waals surface area contributed by atoms with Crippen molar-refractivity contribution in [3.05, 3.63) is 109 Å². The van der Waals surface area contributed by atoms with Gasteiger partial charge in [-0.05, 0) is 73.2 Å². The van der Waals surface area contributed by atoms with Gasteiger partial charge in [-0.2, -0.15) is 29.2 Å². The van der Waals surface area contributed by atoms with Gasteiger partial charge < -0.3 is 39.9 Å². The molecule has 4 N–H and O–H groups in total. The molecule has 0 radical (unpaired) electrons. The second-order valence-electron chi connectivity index (χ2n) is 20.0. The van der Waals surface area contributed by atoms with Crippen LogP contribution in [0, 0.1) is 35.1 Å². The highest BCUT2D eigenvalue weighted by Gasteiger charge is 2.35. The summed E-state index contributed by atoms with van der Waals surface area (Å²) in [5.74, 6) is -0.397. The zero-order chi connectivity index (χ0) is 54.5. The maximum atomic E-state index is 14.3. The Hall–Kier alpha value is -9.10. The molecule has 2 fully saturated rings. The summed E-state index contributed by atoms with van der Waals surface area (Å²) in [5.41, 5.74) is 14.9. The molecule has 2 saturated heterocycles. The predicted octanol–water partition coefficient (Wildman–Crippen LogP) is 7.06. The highest BCUT2D eigenvalue weighted by Crippen LogP contribution is 2.32. The molecule has 0 spiro atoms. The van der Waals surface area contributed by atoms with Gasteiger partial charge in [-0.25, -0.2) is 36.9 Å². The Morgan fingerprint density at radius 1 is 0.551 bits per heavy atom. The van der Waals surface area contributed by atoms with Gasteiger partial charge in [0.15, 0.2) is 34.1 Å². The van der Waals surface area contributed by atoms with E-state index in [1.165, 1.54) is 45.8 Å². The van der Waals surface area contributed by atoms with Crippen molar-refractivity contribution in [3.63, 3.8) is 0 Å². The molecule has 404 valence electrons. The fourth-order valence-electron chi connectivity index (χ4n) is 10.1. The van der Waals surface area contributed by atoms with E-state index in [0.717, 1.165) is 12.1 Å². The van der Waals surface area contributed by atoms with Crippen LogP contribution in [-0.2, 0) is 9.59 Å². The average molecular weight is 1070 g/mol. The number of nitrogens with two attached hydrogens (primary N) is 2. The van der Waals surface area contributed by atoms with Crippen LogP contribution in [0.25, 0.3) is 56.5 Å². The number of halogens is 4. The van der Waals surface area contributed by atoms with E-state index in [4.69, 9.17) is 20.3 Å². The summed E-state index contributed by atoms with van der Waals surface area (Å²) in [6.45, 7) is 11.4.